The van der Waals surface area contributed by atoms with Crippen LogP contribution in [0.2, 0.25) is 0 Å². The van der Waals surface area contributed by atoms with Gasteiger partial charge in [-0.25, -0.2) is 0 Å². The minimum atomic E-state index is 0.710. The average molecular weight is 208 g/mol. The lowest BCUT2D eigenvalue weighted by atomic mass is 10.2. The van der Waals surface area contributed by atoms with E-state index in [4.69, 9.17) is 5.73 Å². The molecule has 0 unspecified atom stereocenters. The van der Waals surface area contributed by atoms with Gasteiger partial charge in [0.2, 0.25) is 0 Å². The van der Waals surface area contributed by atoms with Gasteiger partial charge in [0.15, 0.2) is 0 Å². The molecule has 0 aliphatic carbocycles. The minimum Gasteiger partial charge on any atom is -0.371 e. The monoisotopic (exact) mass is 208 g/mol. The van der Waals surface area contributed by atoms with Crippen molar-refractivity contribution >= 4 is 5.69 Å². The Kier molecular flexibility index (Phi) is 7.74. The van der Waals surface area contributed by atoms with Crippen LogP contribution in [0.25, 0.3) is 0 Å². The van der Waals surface area contributed by atoms with E-state index in [1.54, 1.807) is 0 Å². The van der Waals surface area contributed by atoms with E-state index in [1.165, 1.54) is 11.3 Å². The van der Waals surface area contributed by atoms with Crippen LogP contribution in [0.1, 0.15) is 26.3 Å². The molecule has 1 aromatic carbocycles. The van der Waals surface area contributed by atoms with E-state index in [1.807, 2.05) is 13.8 Å². The Hall–Kier alpha value is -1.02. The van der Waals surface area contributed by atoms with Crippen LogP contribution in [-0.2, 0) is 0 Å². The Bertz CT molecular complexity index is 241. The highest BCUT2D eigenvalue weighted by Crippen LogP contribution is 2.13. The zero-order chi connectivity index (χ0) is 11.7. The number of nitrogens with two attached hydrogens (primary N) is 1. The van der Waals surface area contributed by atoms with Gasteiger partial charge >= 0.3 is 0 Å². The molecular formula is C13H24N2. The Morgan fingerprint density at radius 2 is 1.67 bits per heavy atom. The Labute approximate surface area is 94.1 Å². The summed E-state index contributed by atoms with van der Waals surface area (Å²) in [7, 11) is 0. The first kappa shape index (κ1) is 14.0. The third-order valence-electron chi connectivity index (χ3n) is 2.18. The third kappa shape index (κ3) is 4.84. The maximum Gasteiger partial charge on any atom is 0.0366 e. The van der Waals surface area contributed by atoms with Gasteiger partial charge in [-0.15, -0.1) is 0 Å². The van der Waals surface area contributed by atoms with Crippen molar-refractivity contribution in [2.75, 3.05) is 24.5 Å². The van der Waals surface area contributed by atoms with E-state index in [2.05, 4.69) is 43.0 Å². The van der Waals surface area contributed by atoms with Crippen molar-refractivity contribution in [3.05, 3.63) is 29.8 Å². The largest absolute Gasteiger partial charge is 0.371 e. The van der Waals surface area contributed by atoms with Crippen LogP contribution in [0.15, 0.2) is 24.3 Å². The highest BCUT2D eigenvalue weighted by Gasteiger charge is 2.00. The summed E-state index contributed by atoms with van der Waals surface area (Å²) in [5.41, 5.74) is 8.09. The van der Waals surface area contributed by atoms with Crippen molar-refractivity contribution in [1.82, 2.24) is 0 Å². The van der Waals surface area contributed by atoms with Crippen LogP contribution in [0.3, 0.4) is 0 Å². The molecule has 0 saturated carbocycles. The highest BCUT2D eigenvalue weighted by molar-refractivity contribution is 5.47. The van der Waals surface area contributed by atoms with Crippen LogP contribution in [0, 0.1) is 6.92 Å². The van der Waals surface area contributed by atoms with Crippen molar-refractivity contribution in [2.24, 2.45) is 5.73 Å². The smallest absolute Gasteiger partial charge is 0.0366 e. The van der Waals surface area contributed by atoms with E-state index >= 15 is 0 Å². The second-order valence-electron chi connectivity index (χ2n) is 3.20. The number of hydrogen-bond donors (Lipinski definition) is 1. The first-order valence-corrected chi connectivity index (χ1v) is 5.79. The van der Waals surface area contributed by atoms with Crippen molar-refractivity contribution < 1.29 is 0 Å². The molecule has 1 aromatic rings. The van der Waals surface area contributed by atoms with E-state index < -0.39 is 0 Å². The summed E-state index contributed by atoms with van der Waals surface area (Å²) in [5, 5.41) is 0. The molecule has 2 N–H and O–H groups in total. The molecule has 0 radical (unpaired) electrons. The normalized spacial score (nSPS) is 9.13. The van der Waals surface area contributed by atoms with Gasteiger partial charge in [-0.2, -0.15) is 0 Å². The van der Waals surface area contributed by atoms with Gasteiger partial charge in [-0.1, -0.05) is 31.5 Å². The number of rotatable bonds is 4. The zero-order valence-corrected chi connectivity index (χ0v) is 10.5. The predicted octanol–water partition coefficient (Wildman–Crippen LogP) is 2.81. The summed E-state index contributed by atoms with van der Waals surface area (Å²) in [6, 6.07) is 8.56. The Morgan fingerprint density at radius 1 is 1.13 bits per heavy atom. The van der Waals surface area contributed by atoms with E-state index in [0.29, 0.717) is 6.54 Å². The van der Waals surface area contributed by atoms with E-state index in [9.17, 15) is 0 Å². The molecular weight excluding hydrogens is 184 g/mol. The van der Waals surface area contributed by atoms with Gasteiger partial charge in [-0.3, -0.25) is 0 Å². The first-order chi connectivity index (χ1) is 7.27. The van der Waals surface area contributed by atoms with Crippen molar-refractivity contribution in [1.29, 1.82) is 0 Å². The molecule has 0 spiro atoms. The minimum absolute atomic E-state index is 0.710. The standard InChI is InChI=1S/C11H18N2.C2H6/c1-3-13(9-8-12)11-6-4-10(2)5-7-11;1-2/h4-7H,3,8-9,12H2,1-2H3;1-2H3. The molecule has 15 heavy (non-hydrogen) atoms. The summed E-state index contributed by atoms with van der Waals surface area (Å²) in [5.74, 6) is 0. The molecule has 0 fully saturated rings. The highest BCUT2D eigenvalue weighted by atomic mass is 15.1. The molecule has 2 heteroatoms. The van der Waals surface area contributed by atoms with Crippen LogP contribution in [-0.4, -0.2) is 19.6 Å². The number of aryl methyl sites for hydroxylation is 1. The number of anilines is 1. The molecule has 0 heterocycles. The average Bonchev–Trinajstić information content (AvgIpc) is 2.30. The van der Waals surface area contributed by atoms with Crippen LogP contribution in [0.5, 0.6) is 0 Å². The van der Waals surface area contributed by atoms with Crippen LogP contribution < -0.4 is 10.6 Å². The molecule has 0 aliphatic heterocycles. The van der Waals surface area contributed by atoms with Gasteiger partial charge in [0.1, 0.15) is 0 Å². The SMILES string of the molecule is CC.CCN(CCN)c1ccc(C)cc1. The quantitative estimate of drug-likeness (QED) is 0.824. The fourth-order valence-electron chi connectivity index (χ4n) is 1.38. The molecule has 2 nitrogen and oxygen atoms in total. The Morgan fingerprint density at radius 3 is 2.07 bits per heavy atom. The number of benzene rings is 1. The van der Waals surface area contributed by atoms with Gasteiger partial charge in [-0.05, 0) is 26.0 Å². The maximum absolute atomic E-state index is 5.53. The number of hydrogen-bond acceptors (Lipinski definition) is 2. The lowest BCUT2D eigenvalue weighted by molar-refractivity contribution is 0.817. The molecule has 0 aromatic heterocycles. The molecule has 0 bridgehead atoms. The molecule has 0 amide bonds. The van der Waals surface area contributed by atoms with Crippen LogP contribution in [0.4, 0.5) is 5.69 Å². The Balaban J connectivity index is 0.000000921. The van der Waals surface area contributed by atoms with Gasteiger partial charge < -0.3 is 10.6 Å². The summed E-state index contributed by atoms with van der Waals surface area (Å²) in [6.07, 6.45) is 0. The maximum atomic E-state index is 5.53. The third-order valence-corrected chi connectivity index (χ3v) is 2.18. The summed E-state index contributed by atoms with van der Waals surface area (Å²) in [6.45, 7) is 10.9. The zero-order valence-electron chi connectivity index (χ0n) is 10.5. The second kappa shape index (κ2) is 8.30. The van der Waals surface area contributed by atoms with Crippen molar-refractivity contribution in [3.63, 3.8) is 0 Å². The van der Waals surface area contributed by atoms with E-state index in [-0.39, 0.29) is 0 Å². The van der Waals surface area contributed by atoms with Gasteiger partial charge in [0.05, 0.1) is 0 Å². The molecule has 1 rings (SSSR count). The molecule has 0 aliphatic rings. The molecule has 0 atom stereocenters. The molecule has 86 valence electrons. The summed E-state index contributed by atoms with van der Waals surface area (Å²) >= 11 is 0. The van der Waals surface area contributed by atoms with Crippen molar-refractivity contribution in [3.8, 4) is 0 Å². The predicted molar refractivity (Wildman–Crippen MR) is 69.5 cm³/mol. The summed E-state index contributed by atoms with van der Waals surface area (Å²) in [4.78, 5) is 2.28. The lowest BCUT2D eigenvalue weighted by Gasteiger charge is -2.22. The fraction of sp³-hybridized carbons (Fsp3) is 0.538. The van der Waals surface area contributed by atoms with Crippen molar-refractivity contribution in [2.45, 2.75) is 27.7 Å². The van der Waals surface area contributed by atoms with Gasteiger partial charge in [0, 0.05) is 25.3 Å². The van der Waals surface area contributed by atoms with E-state index in [0.717, 1.165) is 13.1 Å². The summed E-state index contributed by atoms with van der Waals surface area (Å²) < 4.78 is 0. The second-order valence-corrected chi connectivity index (χ2v) is 3.20. The molecule has 0 saturated heterocycles. The van der Waals surface area contributed by atoms with Gasteiger partial charge in [0.25, 0.3) is 0 Å². The lowest BCUT2D eigenvalue weighted by Crippen LogP contribution is -2.28. The first-order valence-electron chi connectivity index (χ1n) is 5.79. The number of likely N-dealkylation sites (N-methyl/N-ethyl adjacent to an activating group) is 1. The fourth-order valence-corrected chi connectivity index (χ4v) is 1.38. The number of nitrogens with zero attached hydrogens (tertiary/aromatic N) is 1. The van der Waals surface area contributed by atoms with Crippen LogP contribution >= 0.6 is 0 Å². The topological polar surface area (TPSA) is 29.3 Å².